The van der Waals surface area contributed by atoms with Crippen LogP contribution >= 0.6 is 0 Å². The van der Waals surface area contributed by atoms with Gasteiger partial charge in [-0.1, -0.05) is 12.1 Å². The van der Waals surface area contributed by atoms with Crippen molar-refractivity contribution in [2.24, 2.45) is 0 Å². The molecule has 1 aromatic heterocycles. The maximum atomic E-state index is 12.8. The number of aromatic nitrogens is 3. The summed E-state index contributed by atoms with van der Waals surface area (Å²) in [5.41, 5.74) is 0.880. The Bertz CT molecular complexity index is 384. The van der Waals surface area contributed by atoms with Crippen molar-refractivity contribution in [3.8, 4) is 0 Å². The van der Waals surface area contributed by atoms with Gasteiger partial charge in [-0.05, 0) is 17.7 Å². The van der Waals surface area contributed by atoms with Gasteiger partial charge in [0.15, 0.2) is 0 Å². The molecule has 66 valence electrons. The fourth-order valence-corrected chi connectivity index (χ4v) is 1.14. The van der Waals surface area contributed by atoms with Crippen LogP contribution in [0, 0.1) is 5.82 Å². The molecule has 1 aromatic carbocycles. The Morgan fingerprint density at radius 3 is 3.00 bits per heavy atom. The van der Waals surface area contributed by atoms with Crippen LogP contribution in [0.4, 0.5) is 4.39 Å². The maximum absolute atomic E-state index is 12.8. The summed E-state index contributed by atoms with van der Waals surface area (Å²) in [7, 11) is 0. The van der Waals surface area contributed by atoms with Gasteiger partial charge in [0.1, 0.15) is 18.5 Å². The van der Waals surface area contributed by atoms with Crippen LogP contribution in [0.25, 0.3) is 0 Å². The number of nitrogens with zero attached hydrogens (tertiary/aromatic N) is 3. The molecule has 0 saturated heterocycles. The predicted molar refractivity (Wildman–Crippen MR) is 45.5 cm³/mol. The molecule has 0 radical (unpaired) electrons. The highest BCUT2D eigenvalue weighted by Crippen LogP contribution is 2.04. The van der Waals surface area contributed by atoms with Crippen LogP contribution < -0.4 is 0 Å². The highest BCUT2D eigenvalue weighted by Gasteiger charge is 1.96. The lowest BCUT2D eigenvalue weighted by molar-refractivity contribution is 0.619. The SMILES string of the molecule is Fc1cccc(Cn2cncn2)c1. The molecule has 0 N–H and O–H groups in total. The van der Waals surface area contributed by atoms with Crippen molar-refractivity contribution in [3.05, 3.63) is 48.3 Å². The number of benzene rings is 1. The lowest BCUT2D eigenvalue weighted by Gasteiger charge is -2.00. The Morgan fingerprint density at radius 2 is 2.31 bits per heavy atom. The molecule has 0 fully saturated rings. The minimum atomic E-state index is -0.224. The number of hydrogen-bond acceptors (Lipinski definition) is 2. The summed E-state index contributed by atoms with van der Waals surface area (Å²) >= 11 is 0. The van der Waals surface area contributed by atoms with Gasteiger partial charge in [0.25, 0.3) is 0 Å². The molecular weight excluding hydrogens is 169 g/mol. The van der Waals surface area contributed by atoms with Gasteiger partial charge in [0, 0.05) is 0 Å². The molecule has 0 saturated carbocycles. The highest BCUT2D eigenvalue weighted by molar-refractivity contribution is 5.16. The second-order valence-corrected chi connectivity index (χ2v) is 2.72. The summed E-state index contributed by atoms with van der Waals surface area (Å²) in [6, 6.07) is 6.44. The first-order chi connectivity index (χ1) is 6.34. The lowest BCUT2D eigenvalue weighted by atomic mass is 10.2. The molecule has 2 aromatic rings. The van der Waals surface area contributed by atoms with Gasteiger partial charge < -0.3 is 0 Å². The zero-order chi connectivity index (χ0) is 9.10. The van der Waals surface area contributed by atoms with E-state index in [0.29, 0.717) is 6.54 Å². The molecule has 13 heavy (non-hydrogen) atoms. The Morgan fingerprint density at radius 1 is 1.38 bits per heavy atom. The Kier molecular flexibility index (Phi) is 2.04. The van der Waals surface area contributed by atoms with E-state index in [2.05, 4.69) is 10.1 Å². The molecular formula is C9H8FN3. The molecule has 0 spiro atoms. The topological polar surface area (TPSA) is 30.7 Å². The predicted octanol–water partition coefficient (Wildman–Crippen LogP) is 1.47. The fourth-order valence-electron chi connectivity index (χ4n) is 1.14. The van der Waals surface area contributed by atoms with Crippen molar-refractivity contribution >= 4 is 0 Å². The van der Waals surface area contributed by atoms with Crippen molar-refractivity contribution in [3.63, 3.8) is 0 Å². The van der Waals surface area contributed by atoms with Gasteiger partial charge in [-0.3, -0.25) is 0 Å². The molecule has 0 bridgehead atoms. The summed E-state index contributed by atoms with van der Waals surface area (Å²) in [6.45, 7) is 0.553. The summed E-state index contributed by atoms with van der Waals surface area (Å²) in [6.07, 6.45) is 3.06. The quantitative estimate of drug-likeness (QED) is 0.695. The van der Waals surface area contributed by atoms with Crippen LogP contribution in [0.3, 0.4) is 0 Å². The van der Waals surface area contributed by atoms with Gasteiger partial charge in [-0.2, -0.15) is 5.10 Å². The third-order valence-electron chi connectivity index (χ3n) is 1.70. The Labute approximate surface area is 74.8 Å². The largest absolute Gasteiger partial charge is 0.249 e. The van der Waals surface area contributed by atoms with E-state index in [1.165, 1.54) is 18.5 Å². The summed E-state index contributed by atoms with van der Waals surface area (Å²) in [5.74, 6) is -0.224. The smallest absolute Gasteiger partial charge is 0.137 e. The van der Waals surface area contributed by atoms with Gasteiger partial charge in [-0.25, -0.2) is 14.1 Å². The first kappa shape index (κ1) is 7.91. The first-order valence-corrected chi connectivity index (χ1v) is 3.91. The normalized spacial score (nSPS) is 10.2. The monoisotopic (exact) mass is 177 g/mol. The minimum absolute atomic E-state index is 0.224. The standard InChI is InChI=1S/C9H8FN3/c10-9-3-1-2-8(4-9)5-13-7-11-6-12-13/h1-4,6-7H,5H2. The maximum Gasteiger partial charge on any atom is 0.137 e. The molecule has 0 amide bonds. The van der Waals surface area contributed by atoms with Crippen LogP contribution in [0.15, 0.2) is 36.9 Å². The number of rotatable bonds is 2. The van der Waals surface area contributed by atoms with Crippen LogP contribution in [-0.4, -0.2) is 14.8 Å². The summed E-state index contributed by atoms with van der Waals surface area (Å²) in [5, 5.41) is 3.92. The van der Waals surface area contributed by atoms with Crippen molar-refractivity contribution in [1.82, 2.24) is 14.8 Å². The van der Waals surface area contributed by atoms with E-state index < -0.39 is 0 Å². The zero-order valence-electron chi connectivity index (χ0n) is 6.89. The van der Waals surface area contributed by atoms with Crippen molar-refractivity contribution in [2.75, 3.05) is 0 Å². The van der Waals surface area contributed by atoms with E-state index in [4.69, 9.17) is 0 Å². The van der Waals surface area contributed by atoms with E-state index in [-0.39, 0.29) is 5.82 Å². The average molecular weight is 177 g/mol. The third-order valence-corrected chi connectivity index (χ3v) is 1.70. The molecule has 0 atom stereocenters. The van der Waals surface area contributed by atoms with E-state index in [0.717, 1.165) is 5.56 Å². The fraction of sp³-hybridized carbons (Fsp3) is 0.111. The zero-order valence-corrected chi connectivity index (χ0v) is 6.89. The van der Waals surface area contributed by atoms with Crippen LogP contribution in [0.5, 0.6) is 0 Å². The molecule has 4 heteroatoms. The van der Waals surface area contributed by atoms with Gasteiger partial charge in [-0.15, -0.1) is 0 Å². The minimum Gasteiger partial charge on any atom is -0.249 e. The summed E-state index contributed by atoms with van der Waals surface area (Å²) in [4.78, 5) is 3.80. The van der Waals surface area contributed by atoms with E-state index in [1.54, 1.807) is 17.1 Å². The van der Waals surface area contributed by atoms with Crippen LogP contribution in [0.2, 0.25) is 0 Å². The highest BCUT2D eigenvalue weighted by atomic mass is 19.1. The van der Waals surface area contributed by atoms with E-state index in [1.807, 2.05) is 6.07 Å². The Hall–Kier alpha value is -1.71. The van der Waals surface area contributed by atoms with Crippen molar-refractivity contribution < 1.29 is 4.39 Å². The Balaban J connectivity index is 2.19. The molecule has 0 unspecified atom stereocenters. The van der Waals surface area contributed by atoms with E-state index >= 15 is 0 Å². The number of hydrogen-bond donors (Lipinski definition) is 0. The molecule has 0 aliphatic heterocycles. The summed E-state index contributed by atoms with van der Waals surface area (Å²) < 4.78 is 14.4. The average Bonchev–Trinajstić information content (AvgIpc) is 2.57. The second kappa shape index (κ2) is 3.35. The van der Waals surface area contributed by atoms with Crippen LogP contribution in [0.1, 0.15) is 5.56 Å². The first-order valence-electron chi connectivity index (χ1n) is 3.91. The van der Waals surface area contributed by atoms with E-state index in [9.17, 15) is 4.39 Å². The molecule has 0 aliphatic carbocycles. The van der Waals surface area contributed by atoms with Crippen molar-refractivity contribution in [1.29, 1.82) is 0 Å². The second-order valence-electron chi connectivity index (χ2n) is 2.72. The number of halogens is 1. The van der Waals surface area contributed by atoms with Crippen LogP contribution in [-0.2, 0) is 6.54 Å². The lowest BCUT2D eigenvalue weighted by Crippen LogP contribution is -1.99. The van der Waals surface area contributed by atoms with Gasteiger partial charge in [0.2, 0.25) is 0 Å². The van der Waals surface area contributed by atoms with Crippen molar-refractivity contribution in [2.45, 2.75) is 6.54 Å². The molecule has 0 aliphatic rings. The van der Waals surface area contributed by atoms with Gasteiger partial charge >= 0.3 is 0 Å². The van der Waals surface area contributed by atoms with Gasteiger partial charge in [0.05, 0.1) is 6.54 Å². The third kappa shape index (κ3) is 1.90. The molecule has 2 rings (SSSR count). The molecule has 3 nitrogen and oxygen atoms in total. The molecule has 1 heterocycles.